The van der Waals surface area contributed by atoms with E-state index in [1.54, 1.807) is 19.0 Å². The van der Waals surface area contributed by atoms with Gasteiger partial charge >= 0.3 is 0 Å². The molecule has 0 radical (unpaired) electrons. The summed E-state index contributed by atoms with van der Waals surface area (Å²) in [6.07, 6.45) is 7.23. The van der Waals surface area contributed by atoms with E-state index in [2.05, 4.69) is 34.4 Å². The second kappa shape index (κ2) is 17.3. The fourth-order valence-corrected chi connectivity index (χ4v) is 2.96. The molecule has 7 nitrogen and oxygen atoms in total. The molecule has 1 aliphatic heterocycles. The monoisotopic (exact) mass is 511 g/mol. The van der Waals surface area contributed by atoms with Gasteiger partial charge in [0, 0.05) is 39.8 Å². The first-order valence-corrected chi connectivity index (χ1v) is 10.6. The number of aliphatic imine (C=N–C) groups is 1. The molecule has 1 unspecified atom stereocenters. The Hall–Kier alpha value is -0.610. The highest BCUT2D eigenvalue weighted by atomic mass is 127. The maximum atomic E-state index is 11.9. The summed E-state index contributed by atoms with van der Waals surface area (Å²) in [4.78, 5) is 20.4. The fraction of sp³-hybridized carbons (Fsp3) is 0.900. The number of hydrogen-bond donors (Lipinski definition) is 2. The molecule has 1 heterocycles. The number of rotatable bonds is 12. The minimum Gasteiger partial charge on any atom is -0.379 e. The van der Waals surface area contributed by atoms with E-state index < -0.39 is 0 Å². The van der Waals surface area contributed by atoms with E-state index in [0.29, 0.717) is 6.04 Å². The van der Waals surface area contributed by atoms with Gasteiger partial charge in [0.15, 0.2) is 5.96 Å². The lowest BCUT2D eigenvalue weighted by atomic mass is 10.1. The molecule has 8 heteroatoms. The molecule has 1 rings (SSSR count). The summed E-state index contributed by atoms with van der Waals surface area (Å²) >= 11 is 0. The number of unbranched alkanes of at least 4 members (excludes halogenated alkanes) is 3. The number of nitrogens with one attached hydrogen (secondary N) is 2. The lowest BCUT2D eigenvalue weighted by Crippen LogP contribution is -2.44. The Labute approximate surface area is 189 Å². The first kappa shape index (κ1) is 27.4. The molecule has 0 bridgehead atoms. The van der Waals surface area contributed by atoms with Crippen molar-refractivity contribution in [1.29, 1.82) is 0 Å². The molecule has 0 spiro atoms. The summed E-state index contributed by atoms with van der Waals surface area (Å²) in [5.74, 6) is 0.759. The van der Waals surface area contributed by atoms with Gasteiger partial charge in [0.05, 0.1) is 13.2 Å². The third-order valence-corrected chi connectivity index (χ3v) is 4.79. The highest BCUT2D eigenvalue weighted by molar-refractivity contribution is 14.0. The summed E-state index contributed by atoms with van der Waals surface area (Å²) in [5, 5.41) is 6.86. The quantitative estimate of drug-likeness (QED) is 0.182. The molecular formula is C20H42IN5O2. The molecule has 2 N–H and O–H groups in total. The summed E-state index contributed by atoms with van der Waals surface area (Å²) in [6.45, 7) is 10.2. The Bertz CT molecular complexity index is 429. The Morgan fingerprint density at radius 2 is 1.89 bits per heavy atom. The summed E-state index contributed by atoms with van der Waals surface area (Å²) in [5.41, 5.74) is 0. The van der Waals surface area contributed by atoms with Crippen LogP contribution in [0, 0.1) is 0 Å². The van der Waals surface area contributed by atoms with Gasteiger partial charge in [0.25, 0.3) is 0 Å². The topological polar surface area (TPSA) is 69.2 Å². The number of guanidine groups is 1. The van der Waals surface area contributed by atoms with Gasteiger partial charge in [-0.15, -0.1) is 24.0 Å². The van der Waals surface area contributed by atoms with Crippen molar-refractivity contribution in [3.63, 3.8) is 0 Å². The molecule has 0 aliphatic carbocycles. The molecule has 1 atom stereocenters. The van der Waals surface area contributed by atoms with Crippen molar-refractivity contribution in [3.05, 3.63) is 0 Å². The molecule has 0 aromatic carbocycles. The van der Waals surface area contributed by atoms with E-state index in [0.717, 1.165) is 58.2 Å². The van der Waals surface area contributed by atoms with Crippen molar-refractivity contribution < 1.29 is 9.53 Å². The third kappa shape index (κ3) is 13.5. The van der Waals surface area contributed by atoms with E-state index in [9.17, 15) is 4.79 Å². The zero-order valence-electron chi connectivity index (χ0n) is 18.3. The van der Waals surface area contributed by atoms with Crippen molar-refractivity contribution in [3.8, 4) is 0 Å². The second-order valence-electron chi connectivity index (χ2n) is 7.58. The van der Waals surface area contributed by atoms with E-state index in [1.165, 1.54) is 25.7 Å². The number of hydrogen-bond acceptors (Lipinski definition) is 4. The molecule has 1 fully saturated rings. The molecule has 1 amide bonds. The van der Waals surface area contributed by atoms with Crippen LogP contribution < -0.4 is 10.6 Å². The van der Waals surface area contributed by atoms with E-state index in [1.807, 2.05) is 0 Å². The normalized spacial score (nSPS) is 16.2. The van der Waals surface area contributed by atoms with Crippen LogP contribution >= 0.6 is 24.0 Å². The van der Waals surface area contributed by atoms with Crippen LogP contribution in [-0.2, 0) is 9.53 Å². The maximum Gasteiger partial charge on any atom is 0.243 e. The van der Waals surface area contributed by atoms with Crippen LogP contribution in [0.5, 0.6) is 0 Å². The van der Waals surface area contributed by atoms with Crippen LogP contribution in [0.3, 0.4) is 0 Å². The Morgan fingerprint density at radius 3 is 2.54 bits per heavy atom. The van der Waals surface area contributed by atoms with Gasteiger partial charge in [-0.2, -0.15) is 0 Å². The Balaban J connectivity index is 0.00000729. The number of amides is 1. The van der Waals surface area contributed by atoms with Gasteiger partial charge < -0.3 is 20.3 Å². The first-order chi connectivity index (χ1) is 13.0. The summed E-state index contributed by atoms with van der Waals surface area (Å²) < 4.78 is 5.39. The van der Waals surface area contributed by atoms with Crippen molar-refractivity contribution in [2.45, 2.75) is 58.4 Å². The zero-order valence-corrected chi connectivity index (χ0v) is 20.7. The van der Waals surface area contributed by atoms with Crippen LogP contribution in [0.4, 0.5) is 0 Å². The van der Waals surface area contributed by atoms with Gasteiger partial charge in [-0.1, -0.05) is 32.6 Å². The van der Waals surface area contributed by atoms with Crippen LogP contribution in [0.25, 0.3) is 0 Å². The lowest BCUT2D eigenvalue weighted by molar-refractivity contribution is -0.127. The minimum absolute atomic E-state index is 0. The average molecular weight is 511 g/mol. The van der Waals surface area contributed by atoms with Crippen LogP contribution in [0.2, 0.25) is 0 Å². The number of nitrogens with zero attached hydrogens (tertiary/aromatic N) is 3. The molecule has 0 saturated carbocycles. The number of carbonyl (C=O) groups is 1. The first-order valence-electron chi connectivity index (χ1n) is 10.6. The van der Waals surface area contributed by atoms with Crippen molar-refractivity contribution in [1.82, 2.24) is 20.4 Å². The molecule has 166 valence electrons. The van der Waals surface area contributed by atoms with Crippen LogP contribution in [0.15, 0.2) is 4.99 Å². The van der Waals surface area contributed by atoms with Gasteiger partial charge in [-0.3, -0.25) is 9.69 Å². The van der Waals surface area contributed by atoms with Gasteiger partial charge in [-0.25, -0.2) is 4.99 Å². The zero-order chi connectivity index (χ0) is 19.9. The van der Waals surface area contributed by atoms with Gasteiger partial charge in [0.1, 0.15) is 6.54 Å². The predicted octanol–water partition coefficient (Wildman–Crippen LogP) is 2.31. The number of ether oxygens (including phenoxy) is 1. The number of morpholine rings is 1. The number of carbonyl (C=O) groups excluding carboxylic acids is 1. The Morgan fingerprint density at radius 1 is 1.18 bits per heavy atom. The minimum atomic E-state index is 0. The molecule has 0 aromatic rings. The maximum absolute atomic E-state index is 11.9. The molecule has 1 saturated heterocycles. The van der Waals surface area contributed by atoms with E-state index in [-0.39, 0.29) is 36.4 Å². The number of likely N-dealkylation sites (N-methyl/N-ethyl adjacent to an activating group) is 1. The third-order valence-electron chi connectivity index (χ3n) is 4.79. The predicted molar refractivity (Wildman–Crippen MR) is 128 cm³/mol. The Kier molecular flexibility index (Phi) is 16.9. The summed E-state index contributed by atoms with van der Waals surface area (Å²) in [7, 11) is 3.52. The average Bonchev–Trinajstić information content (AvgIpc) is 2.66. The number of halogens is 1. The van der Waals surface area contributed by atoms with Crippen molar-refractivity contribution in [2.24, 2.45) is 4.99 Å². The van der Waals surface area contributed by atoms with Crippen LogP contribution in [0.1, 0.15) is 52.4 Å². The molecule has 0 aromatic heterocycles. The van der Waals surface area contributed by atoms with Crippen molar-refractivity contribution >= 4 is 35.8 Å². The van der Waals surface area contributed by atoms with E-state index >= 15 is 0 Å². The fourth-order valence-electron chi connectivity index (χ4n) is 2.96. The molecular weight excluding hydrogens is 469 g/mol. The van der Waals surface area contributed by atoms with Gasteiger partial charge in [-0.05, 0) is 26.3 Å². The smallest absolute Gasteiger partial charge is 0.243 e. The van der Waals surface area contributed by atoms with Crippen molar-refractivity contribution in [2.75, 3.05) is 60.0 Å². The lowest BCUT2D eigenvalue weighted by Gasteiger charge is -2.26. The molecule has 1 aliphatic rings. The highest BCUT2D eigenvalue weighted by Crippen LogP contribution is 2.05. The summed E-state index contributed by atoms with van der Waals surface area (Å²) in [6, 6.07) is 0.349. The molecule has 28 heavy (non-hydrogen) atoms. The van der Waals surface area contributed by atoms with Gasteiger partial charge in [0.2, 0.25) is 5.91 Å². The second-order valence-corrected chi connectivity index (χ2v) is 7.58. The van der Waals surface area contributed by atoms with Crippen LogP contribution in [-0.4, -0.2) is 87.7 Å². The largest absolute Gasteiger partial charge is 0.379 e. The van der Waals surface area contributed by atoms with E-state index in [4.69, 9.17) is 4.74 Å². The standard InChI is InChI=1S/C20H41N5O2.HI/c1-5-6-7-8-10-18(2)23-20(22-17-19(26)24(3)4)21-11-9-12-25-13-15-27-16-14-25;/h18H,5-17H2,1-4H3,(H2,21,22,23);1H. The SMILES string of the molecule is CCCCCCC(C)NC(=NCC(=O)N(C)C)NCCCN1CCOCC1.I. The highest BCUT2D eigenvalue weighted by Gasteiger charge is 2.11.